The molecule has 1 rings (SSSR count). The van der Waals surface area contributed by atoms with Gasteiger partial charge in [0, 0.05) is 31.0 Å². The van der Waals surface area contributed by atoms with E-state index in [0.29, 0.717) is 5.11 Å². The molecule has 0 aromatic heterocycles. The van der Waals surface area contributed by atoms with Gasteiger partial charge in [0.15, 0.2) is 5.11 Å². The maximum Gasteiger partial charge on any atom is 0.171 e. The standard InChI is InChI=1S/C13H21N3S/c1-13(2,3)15-12(17)14-10-7-6-8-11(9-10)16(4)5/h6-9H,1-5H3,(H2,14,15,17). The van der Waals surface area contributed by atoms with Crippen LogP contribution in [0.4, 0.5) is 11.4 Å². The van der Waals surface area contributed by atoms with Gasteiger partial charge in [-0.2, -0.15) is 0 Å². The third-order valence-corrected chi connectivity index (χ3v) is 2.31. The van der Waals surface area contributed by atoms with E-state index in [-0.39, 0.29) is 5.54 Å². The van der Waals surface area contributed by atoms with Crippen molar-refractivity contribution >= 4 is 28.7 Å². The molecule has 0 heterocycles. The monoisotopic (exact) mass is 251 g/mol. The largest absolute Gasteiger partial charge is 0.378 e. The van der Waals surface area contributed by atoms with Gasteiger partial charge in [0.2, 0.25) is 0 Å². The Hall–Kier alpha value is -1.29. The molecule has 2 N–H and O–H groups in total. The molecule has 0 aliphatic carbocycles. The van der Waals surface area contributed by atoms with Crippen LogP contribution in [0.3, 0.4) is 0 Å². The number of benzene rings is 1. The highest BCUT2D eigenvalue weighted by atomic mass is 32.1. The molecule has 4 heteroatoms. The van der Waals surface area contributed by atoms with E-state index < -0.39 is 0 Å². The first-order chi connectivity index (χ1) is 7.78. The predicted octanol–water partition coefficient (Wildman–Crippen LogP) is 2.84. The van der Waals surface area contributed by atoms with Crippen LogP contribution in [-0.2, 0) is 0 Å². The summed E-state index contributed by atoms with van der Waals surface area (Å²) in [5, 5.41) is 7.06. The van der Waals surface area contributed by atoms with Crippen LogP contribution in [0.1, 0.15) is 20.8 Å². The molecule has 3 nitrogen and oxygen atoms in total. The van der Waals surface area contributed by atoms with Gasteiger partial charge < -0.3 is 15.5 Å². The van der Waals surface area contributed by atoms with Crippen LogP contribution >= 0.6 is 12.2 Å². The molecule has 0 aliphatic heterocycles. The summed E-state index contributed by atoms with van der Waals surface area (Å²) in [6, 6.07) is 8.14. The predicted molar refractivity (Wildman–Crippen MR) is 79.9 cm³/mol. The van der Waals surface area contributed by atoms with Gasteiger partial charge in [-0.05, 0) is 51.2 Å². The van der Waals surface area contributed by atoms with Gasteiger partial charge in [0.1, 0.15) is 0 Å². The van der Waals surface area contributed by atoms with Gasteiger partial charge in [-0.15, -0.1) is 0 Å². The Morgan fingerprint density at radius 3 is 2.41 bits per heavy atom. The normalized spacial score (nSPS) is 10.9. The molecule has 17 heavy (non-hydrogen) atoms. The fraction of sp³-hybridized carbons (Fsp3) is 0.462. The number of nitrogens with one attached hydrogen (secondary N) is 2. The van der Waals surface area contributed by atoms with Crippen molar-refractivity contribution in [1.29, 1.82) is 0 Å². The zero-order chi connectivity index (χ0) is 13.1. The molecule has 0 saturated heterocycles. The average molecular weight is 251 g/mol. The number of anilines is 2. The molecular formula is C13H21N3S. The average Bonchev–Trinajstić information content (AvgIpc) is 2.14. The van der Waals surface area contributed by atoms with Crippen LogP contribution < -0.4 is 15.5 Å². The summed E-state index contributed by atoms with van der Waals surface area (Å²) < 4.78 is 0. The van der Waals surface area contributed by atoms with Crippen molar-refractivity contribution in [2.75, 3.05) is 24.3 Å². The molecule has 0 unspecified atom stereocenters. The first-order valence-corrected chi connectivity index (χ1v) is 6.05. The van der Waals surface area contributed by atoms with E-state index in [2.05, 4.69) is 48.4 Å². The Kier molecular flexibility index (Phi) is 4.34. The summed E-state index contributed by atoms with van der Waals surface area (Å²) in [7, 11) is 4.04. The van der Waals surface area contributed by atoms with Crippen molar-refractivity contribution in [2.45, 2.75) is 26.3 Å². The van der Waals surface area contributed by atoms with Crippen LogP contribution in [0, 0.1) is 0 Å². The second-order valence-electron chi connectivity index (χ2n) is 5.27. The van der Waals surface area contributed by atoms with E-state index in [4.69, 9.17) is 12.2 Å². The summed E-state index contributed by atoms with van der Waals surface area (Å²) in [6.07, 6.45) is 0. The minimum atomic E-state index is -0.0246. The van der Waals surface area contributed by atoms with E-state index in [1.54, 1.807) is 0 Å². The van der Waals surface area contributed by atoms with Crippen molar-refractivity contribution in [3.63, 3.8) is 0 Å². The maximum absolute atomic E-state index is 5.26. The number of nitrogens with zero attached hydrogens (tertiary/aromatic N) is 1. The van der Waals surface area contributed by atoms with Crippen LogP contribution in [0.25, 0.3) is 0 Å². The molecule has 0 spiro atoms. The molecule has 0 bridgehead atoms. The first kappa shape index (κ1) is 13.8. The lowest BCUT2D eigenvalue weighted by atomic mass is 10.1. The second kappa shape index (κ2) is 5.36. The summed E-state index contributed by atoms with van der Waals surface area (Å²) in [4.78, 5) is 2.06. The van der Waals surface area contributed by atoms with Gasteiger partial charge in [-0.25, -0.2) is 0 Å². The van der Waals surface area contributed by atoms with Crippen molar-refractivity contribution in [3.8, 4) is 0 Å². The fourth-order valence-electron chi connectivity index (χ4n) is 1.36. The highest BCUT2D eigenvalue weighted by Gasteiger charge is 2.10. The van der Waals surface area contributed by atoms with Gasteiger partial charge in [-0.3, -0.25) is 0 Å². The second-order valence-corrected chi connectivity index (χ2v) is 5.68. The van der Waals surface area contributed by atoms with E-state index >= 15 is 0 Å². The smallest absolute Gasteiger partial charge is 0.171 e. The first-order valence-electron chi connectivity index (χ1n) is 5.64. The van der Waals surface area contributed by atoms with Gasteiger partial charge in [0.25, 0.3) is 0 Å². The molecule has 0 saturated carbocycles. The molecule has 0 amide bonds. The maximum atomic E-state index is 5.26. The lowest BCUT2D eigenvalue weighted by molar-refractivity contribution is 0.515. The molecule has 0 radical (unpaired) electrons. The Labute approximate surface area is 109 Å². The molecule has 1 aromatic rings. The Morgan fingerprint density at radius 1 is 1.24 bits per heavy atom. The van der Waals surface area contributed by atoms with E-state index in [9.17, 15) is 0 Å². The van der Waals surface area contributed by atoms with Crippen molar-refractivity contribution < 1.29 is 0 Å². The number of hydrogen-bond donors (Lipinski definition) is 2. The number of hydrogen-bond acceptors (Lipinski definition) is 2. The molecule has 0 fully saturated rings. The van der Waals surface area contributed by atoms with Gasteiger partial charge >= 0.3 is 0 Å². The minimum Gasteiger partial charge on any atom is -0.378 e. The van der Waals surface area contributed by atoms with Gasteiger partial charge in [-0.1, -0.05) is 6.07 Å². The van der Waals surface area contributed by atoms with E-state index in [1.807, 2.05) is 26.2 Å². The molecule has 94 valence electrons. The third kappa shape index (κ3) is 5.04. The Bertz CT molecular complexity index is 394. The van der Waals surface area contributed by atoms with E-state index in [1.165, 1.54) is 0 Å². The topological polar surface area (TPSA) is 27.3 Å². The van der Waals surface area contributed by atoms with Crippen molar-refractivity contribution in [2.24, 2.45) is 0 Å². The molecular weight excluding hydrogens is 230 g/mol. The van der Waals surface area contributed by atoms with E-state index in [0.717, 1.165) is 11.4 Å². The highest BCUT2D eigenvalue weighted by molar-refractivity contribution is 7.80. The number of thiocarbonyl (C=S) groups is 1. The van der Waals surface area contributed by atoms with Crippen LogP contribution in [-0.4, -0.2) is 24.7 Å². The highest BCUT2D eigenvalue weighted by Crippen LogP contribution is 2.17. The quantitative estimate of drug-likeness (QED) is 0.790. The summed E-state index contributed by atoms with van der Waals surface area (Å²) in [5.41, 5.74) is 2.12. The zero-order valence-electron chi connectivity index (χ0n) is 11.2. The minimum absolute atomic E-state index is 0.0246. The lowest BCUT2D eigenvalue weighted by Gasteiger charge is -2.23. The third-order valence-electron chi connectivity index (χ3n) is 2.11. The zero-order valence-corrected chi connectivity index (χ0v) is 12.0. The van der Waals surface area contributed by atoms with Gasteiger partial charge in [0.05, 0.1) is 0 Å². The molecule has 0 atom stereocenters. The van der Waals surface area contributed by atoms with Crippen LogP contribution in [0.15, 0.2) is 24.3 Å². The van der Waals surface area contributed by atoms with Crippen molar-refractivity contribution in [1.82, 2.24) is 5.32 Å². The van der Waals surface area contributed by atoms with Crippen LogP contribution in [0.5, 0.6) is 0 Å². The summed E-state index contributed by atoms with van der Waals surface area (Å²) in [5.74, 6) is 0. The molecule has 1 aromatic carbocycles. The Balaban J connectivity index is 2.69. The van der Waals surface area contributed by atoms with Crippen LogP contribution in [0.2, 0.25) is 0 Å². The summed E-state index contributed by atoms with van der Waals surface area (Å²) >= 11 is 5.26. The SMILES string of the molecule is CN(C)c1cccc(NC(=S)NC(C)(C)C)c1. The summed E-state index contributed by atoms with van der Waals surface area (Å²) in [6.45, 7) is 6.24. The lowest BCUT2D eigenvalue weighted by Crippen LogP contribution is -2.42. The van der Waals surface area contributed by atoms with Crippen molar-refractivity contribution in [3.05, 3.63) is 24.3 Å². The Morgan fingerprint density at radius 2 is 1.88 bits per heavy atom. The molecule has 0 aliphatic rings. The number of rotatable bonds is 2. The fourth-order valence-corrected chi connectivity index (χ4v) is 1.79.